The zero-order valence-electron chi connectivity index (χ0n) is 12.4. The van der Waals surface area contributed by atoms with Crippen LogP contribution in [0.25, 0.3) is 6.08 Å². The van der Waals surface area contributed by atoms with Crippen molar-refractivity contribution in [2.75, 3.05) is 27.3 Å². The molecule has 1 aromatic rings. The van der Waals surface area contributed by atoms with E-state index in [0.29, 0.717) is 17.2 Å². The highest BCUT2D eigenvalue weighted by Gasteiger charge is 2.13. The van der Waals surface area contributed by atoms with Gasteiger partial charge in [0.15, 0.2) is 11.5 Å². The second kappa shape index (κ2) is 8.52. The minimum atomic E-state index is 0. The summed E-state index contributed by atoms with van der Waals surface area (Å²) in [7, 11) is 3.14. The summed E-state index contributed by atoms with van der Waals surface area (Å²) in [4.78, 5) is 18.1. The lowest BCUT2D eigenvalue weighted by atomic mass is 10.1. The van der Waals surface area contributed by atoms with E-state index in [0.717, 1.165) is 25.9 Å². The van der Waals surface area contributed by atoms with Crippen LogP contribution in [0.2, 0.25) is 0 Å². The molecule has 116 valence electrons. The molecule has 21 heavy (non-hydrogen) atoms. The molecule has 1 aliphatic rings. The third-order valence-electron chi connectivity index (χ3n) is 3.36. The molecule has 0 aliphatic carbocycles. The van der Waals surface area contributed by atoms with Crippen molar-refractivity contribution in [1.82, 2.24) is 9.88 Å². The summed E-state index contributed by atoms with van der Waals surface area (Å²) in [5.74, 6) is 1.22. The van der Waals surface area contributed by atoms with Gasteiger partial charge in [-0.15, -0.1) is 12.4 Å². The Morgan fingerprint density at radius 3 is 2.48 bits per heavy atom. The number of hydrogen-bond acceptors (Lipinski definition) is 4. The molecule has 6 heteroatoms. The maximum atomic E-state index is 12.0. The number of rotatable bonds is 4. The van der Waals surface area contributed by atoms with Crippen molar-refractivity contribution in [2.24, 2.45) is 0 Å². The number of piperidine rings is 1. The molecule has 5 nitrogen and oxygen atoms in total. The molecule has 0 spiro atoms. The number of amides is 1. The molecule has 0 radical (unpaired) electrons. The lowest BCUT2D eigenvalue weighted by molar-refractivity contribution is -0.126. The minimum Gasteiger partial charge on any atom is -0.493 e. The van der Waals surface area contributed by atoms with Gasteiger partial charge in [-0.05, 0) is 25.3 Å². The third-order valence-corrected chi connectivity index (χ3v) is 3.36. The molecule has 1 aromatic heterocycles. The van der Waals surface area contributed by atoms with E-state index >= 15 is 0 Å². The molecule has 1 saturated heterocycles. The Bertz CT molecular complexity index is 500. The monoisotopic (exact) mass is 312 g/mol. The highest BCUT2D eigenvalue weighted by atomic mass is 35.5. The molecule has 0 aromatic carbocycles. The average molecular weight is 313 g/mol. The van der Waals surface area contributed by atoms with Crippen LogP contribution in [0.15, 0.2) is 18.3 Å². The van der Waals surface area contributed by atoms with Crippen molar-refractivity contribution in [3.05, 3.63) is 24.0 Å². The molecule has 1 fully saturated rings. The number of nitrogens with zero attached hydrogens (tertiary/aromatic N) is 2. The van der Waals surface area contributed by atoms with E-state index in [1.54, 1.807) is 38.6 Å². The summed E-state index contributed by atoms with van der Waals surface area (Å²) in [6, 6.07) is 1.75. The van der Waals surface area contributed by atoms with Gasteiger partial charge in [0.1, 0.15) is 0 Å². The highest BCUT2D eigenvalue weighted by Crippen LogP contribution is 2.26. The molecule has 0 bridgehead atoms. The van der Waals surface area contributed by atoms with Crippen molar-refractivity contribution in [3.63, 3.8) is 0 Å². The van der Waals surface area contributed by atoms with E-state index in [1.807, 2.05) is 4.90 Å². The highest BCUT2D eigenvalue weighted by molar-refractivity contribution is 5.91. The van der Waals surface area contributed by atoms with E-state index < -0.39 is 0 Å². The van der Waals surface area contributed by atoms with Crippen molar-refractivity contribution < 1.29 is 14.3 Å². The quantitative estimate of drug-likeness (QED) is 0.802. The smallest absolute Gasteiger partial charge is 0.246 e. The number of carbonyl (C=O) groups is 1. The van der Waals surface area contributed by atoms with Crippen LogP contribution >= 0.6 is 12.4 Å². The zero-order valence-corrected chi connectivity index (χ0v) is 13.2. The van der Waals surface area contributed by atoms with Gasteiger partial charge in [-0.3, -0.25) is 9.78 Å². The Morgan fingerprint density at radius 2 is 1.86 bits per heavy atom. The fourth-order valence-corrected chi connectivity index (χ4v) is 2.22. The van der Waals surface area contributed by atoms with E-state index in [2.05, 4.69) is 4.98 Å². The van der Waals surface area contributed by atoms with Crippen LogP contribution in [0.3, 0.4) is 0 Å². The lowest BCUT2D eigenvalue weighted by Crippen LogP contribution is -2.34. The van der Waals surface area contributed by atoms with E-state index in [9.17, 15) is 4.79 Å². The topological polar surface area (TPSA) is 51.7 Å². The first kappa shape index (κ1) is 17.3. The maximum Gasteiger partial charge on any atom is 0.246 e. The Labute approximate surface area is 131 Å². The summed E-state index contributed by atoms with van der Waals surface area (Å²) < 4.78 is 10.3. The van der Waals surface area contributed by atoms with Crippen molar-refractivity contribution >= 4 is 24.4 Å². The normalized spacial score (nSPS) is 14.7. The van der Waals surface area contributed by atoms with Gasteiger partial charge in [0, 0.05) is 25.2 Å². The maximum absolute atomic E-state index is 12.0. The van der Waals surface area contributed by atoms with Crippen molar-refractivity contribution in [3.8, 4) is 11.5 Å². The Morgan fingerprint density at radius 1 is 1.19 bits per heavy atom. The number of carbonyl (C=O) groups excluding carboxylic acids is 1. The van der Waals surface area contributed by atoms with Crippen LogP contribution in [-0.4, -0.2) is 43.1 Å². The summed E-state index contributed by atoms with van der Waals surface area (Å²) in [5, 5.41) is 0. The van der Waals surface area contributed by atoms with Gasteiger partial charge in [0.05, 0.1) is 26.1 Å². The first-order chi connectivity index (χ1) is 9.74. The lowest BCUT2D eigenvalue weighted by Gasteiger charge is -2.25. The molecule has 2 heterocycles. The van der Waals surface area contributed by atoms with Crippen LogP contribution in [0, 0.1) is 0 Å². The van der Waals surface area contributed by atoms with Gasteiger partial charge in [0.2, 0.25) is 5.91 Å². The Balaban J connectivity index is 0.00000220. The van der Waals surface area contributed by atoms with Crippen molar-refractivity contribution in [1.29, 1.82) is 0 Å². The predicted octanol–water partition coefficient (Wildman–Crippen LogP) is 2.55. The molecule has 0 atom stereocenters. The number of methoxy groups -OCH3 is 2. The molecule has 0 saturated carbocycles. The Hall–Kier alpha value is -1.75. The fourth-order valence-electron chi connectivity index (χ4n) is 2.22. The van der Waals surface area contributed by atoms with Crippen LogP contribution in [0.5, 0.6) is 11.5 Å². The molecule has 1 amide bonds. The first-order valence-corrected chi connectivity index (χ1v) is 6.79. The van der Waals surface area contributed by atoms with Gasteiger partial charge in [-0.2, -0.15) is 0 Å². The number of halogens is 1. The van der Waals surface area contributed by atoms with E-state index in [4.69, 9.17) is 9.47 Å². The van der Waals surface area contributed by atoms with E-state index in [-0.39, 0.29) is 18.3 Å². The second-order valence-corrected chi connectivity index (χ2v) is 4.68. The largest absolute Gasteiger partial charge is 0.493 e. The molecule has 0 N–H and O–H groups in total. The van der Waals surface area contributed by atoms with Crippen molar-refractivity contribution in [2.45, 2.75) is 19.3 Å². The van der Waals surface area contributed by atoms with Gasteiger partial charge in [-0.1, -0.05) is 0 Å². The first-order valence-electron chi connectivity index (χ1n) is 6.79. The molecule has 1 aliphatic heterocycles. The average Bonchev–Trinajstić information content (AvgIpc) is 2.53. The zero-order chi connectivity index (χ0) is 14.4. The van der Waals surface area contributed by atoms with Crippen LogP contribution in [0.1, 0.15) is 25.0 Å². The van der Waals surface area contributed by atoms with Crippen LogP contribution in [-0.2, 0) is 4.79 Å². The molecule has 0 unspecified atom stereocenters. The Kier molecular flexibility index (Phi) is 7.02. The molecule has 2 rings (SSSR count). The third kappa shape index (κ3) is 4.63. The van der Waals surface area contributed by atoms with Gasteiger partial charge < -0.3 is 14.4 Å². The number of likely N-dealkylation sites (tertiary alicyclic amines) is 1. The SMILES string of the molecule is COc1cnc(C=CC(=O)N2CCCCC2)cc1OC.Cl. The summed E-state index contributed by atoms with van der Waals surface area (Å²) >= 11 is 0. The number of pyridine rings is 1. The molecular formula is C15H21ClN2O3. The van der Waals surface area contributed by atoms with Crippen LogP contribution in [0.4, 0.5) is 0 Å². The number of ether oxygens (including phenoxy) is 2. The molecular weight excluding hydrogens is 292 g/mol. The number of hydrogen-bond donors (Lipinski definition) is 0. The standard InChI is InChI=1S/C15H20N2O3.ClH/c1-19-13-10-12(16-11-14(13)20-2)6-7-15(18)17-8-4-3-5-9-17;/h6-7,10-11H,3-5,8-9H2,1-2H3;1H. The van der Waals surface area contributed by atoms with Gasteiger partial charge in [0.25, 0.3) is 0 Å². The number of aromatic nitrogens is 1. The second-order valence-electron chi connectivity index (χ2n) is 4.68. The predicted molar refractivity (Wildman–Crippen MR) is 84.1 cm³/mol. The van der Waals surface area contributed by atoms with E-state index in [1.165, 1.54) is 6.42 Å². The summed E-state index contributed by atoms with van der Waals surface area (Å²) in [6.45, 7) is 1.70. The fraction of sp³-hybridized carbons (Fsp3) is 0.467. The van der Waals surface area contributed by atoms with Gasteiger partial charge >= 0.3 is 0 Å². The minimum absolute atomic E-state index is 0. The summed E-state index contributed by atoms with van der Waals surface area (Å²) in [5.41, 5.74) is 0.674. The van der Waals surface area contributed by atoms with Gasteiger partial charge in [-0.25, -0.2) is 0 Å². The van der Waals surface area contributed by atoms with Crippen LogP contribution < -0.4 is 9.47 Å². The summed E-state index contributed by atoms with van der Waals surface area (Å²) in [6.07, 6.45) is 8.26.